The molecule has 3 N–H and O–H groups in total. The van der Waals surface area contributed by atoms with Crippen molar-refractivity contribution in [3.8, 4) is 11.1 Å². The van der Waals surface area contributed by atoms with Crippen molar-refractivity contribution in [2.24, 2.45) is 0 Å². The highest BCUT2D eigenvalue weighted by atomic mass is 19.4. The van der Waals surface area contributed by atoms with Crippen LogP contribution in [0.4, 0.5) is 24.8 Å². The normalized spacial score (nSPS) is 17.5. The number of fused-ring (bicyclic) bond motifs is 1. The molecule has 0 saturated carbocycles. The third kappa shape index (κ3) is 6.71. The van der Waals surface area contributed by atoms with Crippen LogP contribution in [-0.2, 0) is 17.5 Å². The maximum absolute atomic E-state index is 14.5. The lowest BCUT2D eigenvalue weighted by atomic mass is 9.84. The van der Waals surface area contributed by atoms with Gasteiger partial charge in [-0.05, 0) is 85.3 Å². The Labute approximate surface area is 276 Å². The number of hydrogen-bond donors (Lipinski definition) is 3. The highest BCUT2D eigenvalue weighted by Gasteiger charge is 2.33. The van der Waals surface area contributed by atoms with Gasteiger partial charge in [-0.25, -0.2) is 4.98 Å². The van der Waals surface area contributed by atoms with Gasteiger partial charge < -0.3 is 20.7 Å². The first-order valence-corrected chi connectivity index (χ1v) is 16.3. The third-order valence-electron chi connectivity index (χ3n) is 9.22. The van der Waals surface area contributed by atoms with Crippen LogP contribution < -0.4 is 21.5 Å². The number of ether oxygens (including phenoxy) is 1. The van der Waals surface area contributed by atoms with E-state index in [9.17, 15) is 18.0 Å². The number of alkyl halides is 3. The van der Waals surface area contributed by atoms with Crippen LogP contribution >= 0.6 is 0 Å². The number of pyridine rings is 1. The fourth-order valence-corrected chi connectivity index (χ4v) is 6.75. The summed E-state index contributed by atoms with van der Waals surface area (Å²) in [4.78, 5) is 23.8. The van der Waals surface area contributed by atoms with Gasteiger partial charge in [0, 0.05) is 35.9 Å². The van der Waals surface area contributed by atoms with E-state index in [1.54, 1.807) is 18.3 Å². The van der Waals surface area contributed by atoms with Crippen LogP contribution in [0.15, 0.2) is 83.8 Å². The van der Waals surface area contributed by atoms with Crippen LogP contribution in [0, 0.1) is 6.92 Å². The van der Waals surface area contributed by atoms with Crippen molar-refractivity contribution in [2.75, 3.05) is 38.1 Å². The molecule has 0 amide bonds. The van der Waals surface area contributed by atoms with Crippen molar-refractivity contribution < 1.29 is 17.9 Å². The van der Waals surface area contributed by atoms with Gasteiger partial charge in [0.05, 0.1) is 24.8 Å². The van der Waals surface area contributed by atoms with E-state index in [1.807, 2.05) is 43.3 Å². The van der Waals surface area contributed by atoms with Gasteiger partial charge >= 0.3 is 6.18 Å². The van der Waals surface area contributed by atoms with Gasteiger partial charge in [0.15, 0.2) is 0 Å². The molecule has 11 heteroatoms. The Morgan fingerprint density at radius 2 is 1.75 bits per heavy atom. The Morgan fingerprint density at radius 3 is 2.50 bits per heavy atom. The number of aromatic nitrogens is 3. The molecule has 2 saturated heterocycles. The zero-order valence-corrected chi connectivity index (χ0v) is 26.6. The minimum absolute atomic E-state index is 0.0174. The summed E-state index contributed by atoms with van der Waals surface area (Å²) >= 11 is 0. The van der Waals surface area contributed by atoms with Crippen LogP contribution in [0.3, 0.4) is 0 Å². The smallest absolute Gasteiger partial charge is 0.371 e. The van der Waals surface area contributed by atoms with Crippen LogP contribution in [0.25, 0.3) is 22.2 Å². The number of benzene rings is 3. The van der Waals surface area contributed by atoms with Gasteiger partial charge in [-0.1, -0.05) is 54.1 Å². The Balaban J connectivity index is 1.32. The monoisotopic (exact) mass is 654 g/mol. The first-order valence-electron chi connectivity index (χ1n) is 16.3. The number of piperidine rings is 1. The molecule has 248 valence electrons. The highest BCUT2D eigenvalue weighted by molar-refractivity contribution is 5.83. The summed E-state index contributed by atoms with van der Waals surface area (Å²) in [6, 6.07) is 20.9. The summed E-state index contributed by atoms with van der Waals surface area (Å²) in [5.74, 6) is 0.479. The second kappa shape index (κ2) is 13.5. The third-order valence-corrected chi connectivity index (χ3v) is 9.22. The van der Waals surface area contributed by atoms with Crippen molar-refractivity contribution in [3.05, 3.63) is 117 Å². The molecule has 48 heavy (non-hydrogen) atoms. The maximum atomic E-state index is 14.5. The summed E-state index contributed by atoms with van der Waals surface area (Å²) in [6.07, 6.45) is -1.13. The van der Waals surface area contributed by atoms with Gasteiger partial charge in [-0.2, -0.15) is 18.2 Å². The molecule has 0 bridgehead atoms. The number of nitrogens with zero attached hydrogens (tertiary/aromatic N) is 3. The first-order chi connectivity index (χ1) is 23.2. The molecule has 2 fully saturated rings. The van der Waals surface area contributed by atoms with E-state index in [0.717, 1.165) is 73.0 Å². The van der Waals surface area contributed by atoms with Crippen molar-refractivity contribution in [1.82, 2.24) is 25.2 Å². The van der Waals surface area contributed by atoms with Gasteiger partial charge in [0.25, 0.3) is 5.56 Å². The number of aryl methyl sites for hydroxylation is 1. The van der Waals surface area contributed by atoms with Gasteiger partial charge in [-0.3, -0.25) is 9.36 Å². The van der Waals surface area contributed by atoms with E-state index in [1.165, 1.54) is 16.7 Å². The second-order valence-corrected chi connectivity index (χ2v) is 12.5. The molecule has 0 spiro atoms. The predicted octanol–water partition coefficient (Wildman–Crippen LogP) is 6.71. The van der Waals surface area contributed by atoms with Crippen molar-refractivity contribution in [3.63, 3.8) is 0 Å². The van der Waals surface area contributed by atoms with Crippen LogP contribution in [-0.4, -0.2) is 47.3 Å². The number of morpholine rings is 1. The maximum Gasteiger partial charge on any atom is 0.416 e. The lowest BCUT2D eigenvalue weighted by molar-refractivity contribution is -0.138. The number of hydrogen-bond acceptors (Lipinski definition) is 7. The molecular weight excluding hydrogens is 617 g/mol. The van der Waals surface area contributed by atoms with Crippen molar-refractivity contribution in [2.45, 2.75) is 44.5 Å². The van der Waals surface area contributed by atoms with Gasteiger partial charge in [0.2, 0.25) is 5.95 Å². The summed E-state index contributed by atoms with van der Waals surface area (Å²) in [5.41, 5.74) is 4.16. The minimum atomic E-state index is -4.58. The summed E-state index contributed by atoms with van der Waals surface area (Å²) < 4.78 is 49.6. The molecule has 0 aliphatic carbocycles. The number of halogens is 3. The van der Waals surface area contributed by atoms with E-state index >= 15 is 0 Å². The summed E-state index contributed by atoms with van der Waals surface area (Å²) in [6.45, 7) is 5.69. The molecule has 8 nitrogen and oxygen atoms in total. The fourth-order valence-electron chi connectivity index (χ4n) is 6.75. The fraction of sp³-hybridized carbons (Fsp3) is 0.324. The Morgan fingerprint density at radius 1 is 0.958 bits per heavy atom. The Kier molecular flexibility index (Phi) is 9.00. The second-order valence-electron chi connectivity index (χ2n) is 12.5. The minimum Gasteiger partial charge on any atom is -0.371 e. The number of nitrogens with one attached hydrogen (secondary N) is 3. The standard InChI is InChI=1S/C37H37F3N6O2/c1-23-6-11-29(30(18-23)24-12-14-41-15-13-24)31-19-27-20-43-36(44-28-9-7-25(8-10-28)33-21-42-16-17-48-33)45-34(27)46(35(31)47)22-26-4-2-3-5-32(26)37(38,39)40/h2-11,18-20,24,33,41-42H,12-17,21-22H2,1H3,(H,43,44,45). The molecule has 7 rings (SSSR count). The van der Waals surface area contributed by atoms with E-state index in [4.69, 9.17) is 9.72 Å². The van der Waals surface area contributed by atoms with Gasteiger partial charge in [-0.15, -0.1) is 0 Å². The first kappa shape index (κ1) is 32.0. The molecular formula is C37H37F3N6O2. The molecule has 4 heterocycles. The molecule has 5 aromatic rings. The van der Waals surface area contributed by atoms with Crippen LogP contribution in [0.1, 0.15) is 52.7 Å². The molecule has 0 radical (unpaired) electrons. The summed E-state index contributed by atoms with van der Waals surface area (Å²) in [5, 5.41) is 10.5. The average Bonchev–Trinajstić information content (AvgIpc) is 3.10. The molecule has 3 aromatic carbocycles. The topological polar surface area (TPSA) is 93.1 Å². The van der Waals surface area contributed by atoms with Crippen LogP contribution in [0.5, 0.6) is 0 Å². The van der Waals surface area contributed by atoms with Crippen molar-refractivity contribution in [1.29, 1.82) is 0 Å². The van der Waals surface area contributed by atoms with Crippen LogP contribution in [0.2, 0.25) is 0 Å². The Bertz CT molecular complexity index is 1980. The van der Waals surface area contributed by atoms with Gasteiger partial charge in [0.1, 0.15) is 5.65 Å². The predicted molar refractivity (Wildman–Crippen MR) is 181 cm³/mol. The zero-order chi connectivity index (χ0) is 33.3. The number of rotatable bonds is 7. The molecule has 2 aromatic heterocycles. The molecule has 2 aliphatic rings. The van der Waals surface area contributed by atoms with E-state index < -0.39 is 17.3 Å². The SMILES string of the molecule is Cc1ccc(-c2cc3cnc(Nc4ccc(C5CNCCO5)cc4)nc3n(Cc3ccccc3C(F)(F)F)c2=O)c(C2CCNCC2)c1. The molecule has 2 aliphatic heterocycles. The molecule has 1 unspecified atom stereocenters. The van der Waals surface area contributed by atoms with E-state index in [2.05, 4.69) is 27.0 Å². The zero-order valence-electron chi connectivity index (χ0n) is 26.6. The number of anilines is 2. The summed E-state index contributed by atoms with van der Waals surface area (Å²) in [7, 11) is 0. The van der Waals surface area contributed by atoms with Crippen molar-refractivity contribution >= 4 is 22.7 Å². The quantitative estimate of drug-likeness (QED) is 0.180. The average molecular weight is 655 g/mol. The van der Waals surface area contributed by atoms with E-state index in [0.29, 0.717) is 17.6 Å². The molecule has 1 atom stereocenters. The highest BCUT2D eigenvalue weighted by Crippen LogP contribution is 2.36. The Hall–Kier alpha value is -4.58. The lowest BCUT2D eigenvalue weighted by Crippen LogP contribution is -2.33. The largest absolute Gasteiger partial charge is 0.416 e. The van der Waals surface area contributed by atoms with E-state index in [-0.39, 0.29) is 35.7 Å². The lowest BCUT2D eigenvalue weighted by Gasteiger charge is -2.26.